The van der Waals surface area contributed by atoms with E-state index in [9.17, 15) is 8.42 Å². The topological polar surface area (TPSA) is 77.3 Å². The van der Waals surface area contributed by atoms with Crippen LogP contribution in [0.5, 0.6) is 5.75 Å². The van der Waals surface area contributed by atoms with Gasteiger partial charge in [0.2, 0.25) is 0 Å². The molecule has 2 aromatic heterocycles. The molecule has 0 bridgehead atoms. The molecule has 0 unspecified atom stereocenters. The summed E-state index contributed by atoms with van der Waals surface area (Å²) in [4.78, 5) is 8.88. The molecule has 0 saturated carbocycles. The van der Waals surface area contributed by atoms with E-state index in [-0.39, 0.29) is 10.9 Å². The summed E-state index contributed by atoms with van der Waals surface area (Å²) in [5.41, 5.74) is 3.23. The van der Waals surface area contributed by atoms with Crippen molar-refractivity contribution in [1.82, 2.24) is 18.8 Å². The number of sulfonamides is 1. The van der Waals surface area contributed by atoms with Crippen LogP contribution in [0, 0.1) is 0 Å². The second kappa shape index (κ2) is 8.57. The molecule has 0 N–H and O–H groups in total. The summed E-state index contributed by atoms with van der Waals surface area (Å²) < 4.78 is 33.9. The molecule has 1 aliphatic heterocycles. The van der Waals surface area contributed by atoms with Crippen molar-refractivity contribution in [3.8, 4) is 5.75 Å². The number of methoxy groups -OCH3 is 1. The van der Waals surface area contributed by atoms with Gasteiger partial charge < -0.3 is 9.30 Å². The Bertz CT molecular complexity index is 1100. The van der Waals surface area contributed by atoms with Crippen LogP contribution >= 0.6 is 0 Å². The summed E-state index contributed by atoms with van der Waals surface area (Å²) >= 11 is 0. The fourth-order valence-electron chi connectivity index (χ4n) is 3.82. The summed E-state index contributed by atoms with van der Waals surface area (Å²) in [5, 5.41) is 0.114. The van der Waals surface area contributed by atoms with Crippen molar-refractivity contribution in [3.63, 3.8) is 0 Å². The number of piperidine rings is 1. The van der Waals surface area contributed by atoms with Crippen molar-refractivity contribution in [1.29, 1.82) is 0 Å². The van der Waals surface area contributed by atoms with Gasteiger partial charge in [-0.3, -0.25) is 4.98 Å². The average molecular weight is 427 g/mol. The molecule has 1 aliphatic rings. The number of nitrogens with zero attached hydrogens (tertiary/aromatic N) is 4. The number of benzene rings is 1. The molecular formula is C22H26N4O3S. The van der Waals surface area contributed by atoms with Gasteiger partial charge in [-0.05, 0) is 42.7 Å². The molecule has 1 aromatic carbocycles. The highest BCUT2D eigenvalue weighted by Gasteiger charge is 2.31. The van der Waals surface area contributed by atoms with Crippen LogP contribution in [-0.4, -0.2) is 47.5 Å². The number of imidazole rings is 1. The monoisotopic (exact) mass is 426 g/mol. The van der Waals surface area contributed by atoms with Crippen LogP contribution in [-0.2, 0) is 23.5 Å². The second-order valence-electron chi connectivity index (χ2n) is 7.63. The number of aryl methyl sites for hydroxylation is 1. The molecule has 0 atom stereocenters. The van der Waals surface area contributed by atoms with Crippen LogP contribution in [0.3, 0.4) is 0 Å². The lowest BCUT2D eigenvalue weighted by Gasteiger charge is -2.30. The number of hydrogen-bond donors (Lipinski definition) is 0. The van der Waals surface area contributed by atoms with Crippen LogP contribution in [0.25, 0.3) is 0 Å². The van der Waals surface area contributed by atoms with Crippen molar-refractivity contribution in [2.45, 2.75) is 30.2 Å². The first-order chi connectivity index (χ1) is 14.5. The van der Waals surface area contributed by atoms with Crippen molar-refractivity contribution in [2.75, 3.05) is 20.2 Å². The Labute approximate surface area is 177 Å². The number of rotatable bonds is 6. The highest BCUT2D eigenvalue weighted by molar-refractivity contribution is 7.89. The highest BCUT2D eigenvalue weighted by atomic mass is 32.2. The van der Waals surface area contributed by atoms with E-state index in [4.69, 9.17) is 9.72 Å². The molecular weight excluding hydrogens is 400 g/mol. The van der Waals surface area contributed by atoms with Crippen molar-refractivity contribution in [3.05, 3.63) is 71.9 Å². The molecule has 3 heterocycles. The van der Waals surface area contributed by atoms with Crippen LogP contribution in [0.2, 0.25) is 0 Å². The third kappa shape index (κ3) is 4.39. The molecule has 8 heteroatoms. The molecule has 7 nitrogen and oxygen atoms in total. The molecule has 30 heavy (non-hydrogen) atoms. The van der Waals surface area contributed by atoms with Crippen LogP contribution in [0.1, 0.15) is 35.7 Å². The van der Waals surface area contributed by atoms with Crippen LogP contribution in [0.4, 0.5) is 0 Å². The smallest absolute Gasteiger partial charge is 0.262 e. The first-order valence-electron chi connectivity index (χ1n) is 10.0. The van der Waals surface area contributed by atoms with E-state index in [0.717, 1.165) is 36.4 Å². The Morgan fingerprint density at radius 3 is 2.47 bits per heavy atom. The molecule has 1 saturated heterocycles. The van der Waals surface area contributed by atoms with Gasteiger partial charge in [0.25, 0.3) is 10.0 Å². The lowest BCUT2D eigenvalue weighted by molar-refractivity contribution is 0.316. The first-order valence-corrected chi connectivity index (χ1v) is 11.5. The quantitative estimate of drug-likeness (QED) is 0.606. The zero-order valence-corrected chi connectivity index (χ0v) is 18.0. The van der Waals surface area contributed by atoms with E-state index in [1.54, 1.807) is 24.9 Å². The standard InChI is InChI=1S/C22H26N4O3S/c1-25-15-22(23-16-25)30(27,28)26-12-10-18(11-13-26)21-5-3-4-19(24-21)14-17-6-8-20(29-2)9-7-17/h3-9,15-16,18H,10-14H2,1-2H3. The minimum Gasteiger partial charge on any atom is -0.497 e. The normalized spacial score (nSPS) is 15.9. The van der Waals surface area contributed by atoms with Crippen molar-refractivity contribution in [2.24, 2.45) is 7.05 Å². The van der Waals surface area contributed by atoms with E-state index in [2.05, 4.69) is 4.98 Å². The molecule has 0 spiro atoms. The van der Waals surface area contributed by atoms with Gasteiger partial charge >= 0.3 is 0 Å². The van der Waals surface area contributed by atoms with Gasteiger partial charge in [-0.25, -0.2) is 13.4 Å². The Balaban J connectivity index is 1.41. The molecule has 0 radical (unpaired) electrons. The van der Waals surface area contributed by atoms with E-state index >= 15 is 0 Å². The van der Waals surface area contributed by atoms with E-state index < -0.39 is 10.0 Å². The maximum Gasteiger partial charge on any atom is 0.262 e. The third-order valence-electron chi connectivity index (χ3n) is 5.53. The Hall–Kier alpha value is -2.71. The molecule has 0 amide bonds. The van der Waals surface area contributed by atoms with Gasteiger partial charge in [-0.2, -0.15) is 4.31 Å². The molecule has 0 aliphatic carbocycles. The van der Waals surface area contributed by atoms with E-state index in [1.165, 1.54) is 16.2 Å². The Kier molecular flexibility index (Phi) is 5.87. The van der Waals surface area contributed by atoms with Gasteiger partial charge in [0.05, 0.1) is 13.4 Å². The van der Waals surface area contributed by atoms with Gasteiger partial charge in [-0.1, -0.05) is 18.2 Å². The molecule has 4 rings (SSSR count). The largest absolute Gasteiger partial charge is 0.497 e. The molecule has 3 aromatic rings. The lowest BCUT2D eigenvalue weighted by Crippen LogP contribution is -2.38. The summed E-state index contributed by atoms with van der Waals surface area (Å²) in [5.74, 6) is 1.10. The van der Waals surface area contributed by atoms with Crippen LogP contribution < -0.4 is 4.74 Å². The van der Waals surface area contributed by atoms with E-state index in [0.29, 0.717) is 13.1 Å². The number of ether oxygens (including phenoxy) is 1. The fourth-order valence-corrected chi connectivity index (χ4v) is 5.26. The number of hydrogen-bond acceptors (Lipinski definition) is 5. The maximum absolute atomic E-state index is 12.8. The zero-order chi connectivity index (χ0) is 21.1. The third-order valence-corrected chi connectivity index (χ3v) is 7.31. The summed E-state index contributed by atoms with van der Waals surface area (Å²) in [6.07, 6.45) is 5.32. The minimum atomic E-state index is -3.53. The summed E-state index contributed by atoms with van der Waals surface area (Å²) in [6, 6.07) is 14.1. The van der Waals surface area contributed by atoms with E-state index in [1.807, 2.05) is 42.5 Å². The predicted octanol–water partition coefficient (Wildman–Crippen LogP) is 2.98. The molecule has 1 fully saturated rings. The number of aromatic nitrogens is 3. The fraction of sp³-hybridized carbons (Fsp3) is 0.364. The Morgan fingerprint density at radius 1 is 1.10 bits per heavy atom. The van der Waals surface area contributed by atoms with Gasteiger partial charge in [0.15, 0.2) is 5.03 Å². The maximum atomic E-state index is 12.8. The highest BCUT2D eigenvalue weighted by Crippen LogP contribution is 2.29. The van der Waals surface area contributed by atoms with Crippen molar-refractivity contribution < 1.29 is 13.2 Å². The summed E-state index contributed by atoms with van der Waals surface area (Å²) in [7, 11) is -0.104. The summed E-state index contributed by atoms with van der Waals surface area (Å²) in [6.45, 7) is 0.960. The average Bonchev–Trinajstić information content (AvgIpc) is 3.22. The lowest BCUT2D eigenvalue weighted by atomic mass is 9.94. The second-order valence-corrected chi connectivity index (χ2v) is 9.52. The van der Waals surface area contributed by atoms with Gasteiger partial charge in [0.1, 0.15) is 5.75 Å². The van der Waals surface area contributed by atoms with Gasteiger partial charge in [-0.15, -0.1) is 0 Å². The first kappa shape index (κ1) is 20.6. The SMILES string of the molecule is COc1ccc(Cc2cccc(C3CCN(S(=O)(=O)c4cn(C)cn4)CC3)n2)cc1. The van der Waals surface area contributed by atoms with Gasteiger partial charge in [0, 0.05) is 50.1 Å². The molecule has 158 valence electrons. The van der Waals surface area contributed by atoms with Crippen molar-refractivity contribution >= 4 is 10.0 Å². The minimum absolute atomic E-state index is 0.114. The number of pyridine rings is 1. The zero-order valence-electron chi connectivity index (χ0n) is 17.2. The Morgan fingerprint density at radius 2 is 1.83 bits per heavy atom. The van der Waals surface area contributed by atoms with Crippen LogP contribution in [0.15, 0.2) is 60.0 Å². The predicted molar refractivity (Wildman–Crippen MR) is 114 cm³/mol.